The molecule has 0 saturated heterocycles. The van der Waals surface area contributed by atoms with Gasteiger partial charge in [0.2, 0.25) is 5.91 Å². The van der Waals surface area contributed by atoms with E-state index in [0.717, 1.165) is 38.2 Å². The number of fused-ring (bicyclic) bond motifs is 1. The first kappa shape index (κ1) is 27.5. The lowest BCUT2D eigenvalue weighted by molar-refractivity contribution is -0.114. The second kappa shape index (κ2) is 12.0. The van der Waals surface area contributed by atoms with Crippen LogP contribution in [0.2, 0.25) is 0 Å². The van der Waals surface area contributed by atoms with Crippen LogP contribution in [0.4, 0.5) is 15.8 Å². The van der Waals surface area contributed by atoms with Gasteiger partial charge in [0, 0.05) is 22.4 Å². The summed E-state index contributed by atoms with van der Waals surface area (Å²) in [6.07, 6.45) is 0. The molecule has 206 valence electrons. The first-order valence-electron chi connectivity index (χ1n) is 12.5. The summed E-state index contributed by atoms with van der Waals surface area (Å²) >= 11 is 1.71. The van der Waals surface area contributed by atoms with E-state index in [2.05, 4.69) is 17.4 Å². The third-order valence-electron chi connectivity index (χ3n) is 6.22. The Morgan fingerprint density at radius 3 is 2.38 bits per heavy atom. The number of rotatable bonds is 9. The van der Waals surface area contributed by atoms with E-state index in [-0.39, 0.29) is 10.6 Å². The topological polar surface area (TPSA) is 84.9 Å². The van der Waals surface area contributed by atoms with Crippen LogP contribution in [0.3, 0.4) is 0 Å². The van der Waals surface area contributed by atoms with E-state index in [1.54, 1.807) is 11.8 Å². The van der Waals surface area contributed by atoms with Crippen LogP contribution < -0.4 is 19.1 Å². The molecule has 1 aliphatic rings. The van der Waals surface area contributed by atoms with Gasteiger partial charge < -0.3 is 14.8 Å². The van der Waals surface area contributed by atoms with Gasteiger partial charge >= 0.3 is 0 Å². The van der Waals surface area contributed by atoms with E-state index in [0.29, 0.717) is 30.4 Å². The highest BCUT2D eigenvalue weighted by Crippen LogP contribution is 2.34. The van der Waals surface area contributed by atoms with E-state index in [1.807, 2.05) is 43.3 Å². The molecule has 0 aliphatic carbocycles. The largest absolute Gasteiger partial charge is 0.486 e. The van der Waals surface area contributed by atoms with Crippen molar-refractivity contribution in [1.82, 2.24) is 0 Å². The quantitative estimate of drug-likeness (QED) is 0.244. The molecule has 0 saturated carbocycles. The molecule has 0 unspecified atom stereocenters. The molecule has 5 rings (SSSR count). The Hall–Kier alpha value is -4.02. The van der Waals surface area contributed by atoms with Crippen molar-refractivity contribution < 1.29 is 27.1 Å². The third-order valence-corrected chi connectivity index (χ3v) is 9.07. The van der Waals surface area contributed by atoms with Crippen molar-refractivity contribution in [3.05, 3.63) is 108 Å². The molecule has 4 aromatic rings. The van der Waals surface area contributed by atoms with Gasteiger partial charge in [0.1, 0.15) is 25.6 Å². The fraction of sp³-hybridized carbons (Fsp3) is 0.167. The van der Waals surface area contributed by atoms with Gasteiger partial charge in [-0.25, -0.2) is 12.8 Å². The van der Waals surface area contributed by atoms with Crippen molar-refractivity contribution in [1.29, 1.82) is 0 Å². The number of anilines is 2. The van der Waals surface area contributed by atoms with Crippen LogP contribution in [0.25, 0.3) is 0 Å². The molecule has 1 heterocycles. The number of amides is 1. The fourth-order valence-corrected chi connectivity index (χ4v) is 6.49. The molecule has 10 heteroatoms. The molecular formula is C30H27FN2O5S2. The SMILES string of the molecule is Cc1cc(CSc2ccccc2)ccc1NC(=O)CN(c1ccc(F)cc1)S(=O)(=O)c1ccc2c(c1)OCCO2. The van der Waals surface area contributed by atoms with Crippen molar-refractivity contribution in [2.24, 2.45) is 0 Å². The number of aryl methyl sites for hydroxylation is 1. The van der Waals surface area contributed by atoms with Gasteiger partial charge in [-0.1, -0.05) is 30.3 Å². The molecular weight excluding hydrogens is 551 g/mol. The maximum atomic E-state index is 13.7. The Kier molecular flexibility index (Phi) is 8.27. The minimum atomic E-state index is -4.23. The monoisotopic (exact) mass is 578 g/mol. The van der Waals surface area contributed by atoms with Crippen LogP contribution in [0.15, 0.2) is 101 Å². The fourth-order valence-electron chi connectivity index (χ4n) is 4.19. The van der Waals surface area contributed by atoms with E-state index in [1.165, 1.54) is 30.3 Å². The molecule has 0 fully saturated rings. The highest BCUT2D eigenvalue weighted by Gasteiger charge is 2.29. The molecule has 0 bridgehead atoms. The number of hydrogen-bond donors (Lipinski definition) is 1. The van der Waals surface area contributed by atoms with E-state index >= 15 is 0 Å². The van der Waals surface area contributed by atoms with E-state index in [4.69, 9.17) is 9.47 Å². The lowest BCUT2D eigenvalue weighted by atomic mass is 10.1. The summed E-state index contributed by atoms with van der Waals surface area (Å²) in [5.41, 5.74) is 2.67. The highest BCUT2D eigenvalue weighted by molar-refractivity contribution is 7.98. The van der Waals surface area contributed by atoms with Crippen molar-refractivity contribution >= 4 is 39.1 Å². The van der Waals surface area contributed by atoms with Crippen molar-refractivity contribution in [2.45, 2.75) is 22.5 Å². The van der Waals surface area contributed by atoms with Crippen molar-refractivity contribution in [2.75, 3.05) is 29.4 Å². The molecule has 0 atom stereocenters. The molecule has 4 aromatic carbocycles. The van der Waals surface area contributed by atoms with Crippen LogP contribution >= 0.6 is 11.8 Å². The zero-order valence-electron chi connectivity index (χ0n) is 21.7. The summed E-state index contributed by atoms with van der Waals surface area (Å²) in [5, 5.41) is 2.83. The highest BCUT2D eigenvalue weighted by atomic mass is 32.2. The minimum Gasteiger partial charge on any atom is -0.486 e. The first-order chi connectivity index (χ1) is 19.3. The number of nitrogens with one attached hydrogen (secondary N) is 1. The summed E-state index contributed by atoms with van der Waals surface area (Å²) in [7, 11) is -4.23. The lowest BCUT2D eigenvalue weighted by Gasteiger charge is -2.25. The third kappa shape index (κ3) is 6.40. The van der Waals surface area contributed by atoms with Crippen LogP contribution in [0, 0.1) is 12.7 Å². The number of halogens is 1. The summed E-state index contributed by atoms with van der Waals surface area (Å²) in [6, 6.07) is 25.0. The Morgan fingerprint density at radius 1 is 0.925 bits per heavy atom. The second-order valence-electron chi connectivity index (χ2n) is 9.09. The number of ether oxygens (including phenoxy) is 2. The van der Waals surface area contributed by atoms with Crippen LogP contribution in [0.5, 0.6) is 11.5 Å². The van der Waals surface area contributed by atoms with Crippen LogP contribution in [-0.4, -0.2) is 34.1 Å². The van der Waals surface area contributed by atoms with Gasteiger partial charge in [0.15, 0.2) is 11.5 Å². The predicted octanol–water partition coefficient (Wildman–Crippen LogP) is 6.03. The normalized spacial score (nSPS) is 12.6. The van der Waals surface area contributed by atoms with Gasteiger partial charge in [0.25, 0.3) is 10.0 Å². The van der Waals surface area contributed by atoms with Gasteiger partial charge in [-0.15, -0.1) is 11.8 Å². The zero-order valence-corrected chi connectivity index (χ0v) is 23.3. The number of sulfonamides is 1. The Bertz CT molecular complexity index is 1610. The Labute approximate surface area is 237 Å². The van der Waals surface area contributed by atoms with Gasteiger partial charge in [-0.2, -0.15) is 0 Å². The lowest BCUT2D eigenvalue weighted by Crippen LogP contribution is -2.38. The molecule has 1 N–H and O–H groups in total. The number of nitrogens with zero attached hydrogens (tertiary/aromatic N) is 1. The molecule has 0 radical (unpaired) electrons. The minimum absolute atomic E-state index is 0.0784. The predicted molar refractivity (Wildman–Crippen MR) is 154 cm³/mol. The van der Waals surface area contributed by atoms with Gasteiger partial charge in [-0.3, -0.25) is 9.10 Å². The molecule has 0 aromatic heterocycles. The average molecular weight is 579 g/mol. The second-order valence-corrected chi connectivity index (χ2v) is 12.0. The summed E-state index contributed by atoms with van der Waals surface area (Å²) in [4.78, 5) is 14.3. The van der Waals surface area contributed by atoms with Crippen LogP contribution in [0.1, 0.15) is 11.1 Å². The molecule has 1 amide bonds. The Morgan fingerprint density at radius 2 is 1.65 bits per heavy atom. The standard InChI is InChI=1S/C30H27FN2O5S2/c1-21-17-22(20-39-25-5-3-2-4-6-25)7-13-27(21)32-30(34)19-33(24-10-8-23(31)9-11-24)40(35,36)26-12-14-28-29(18-26)38-16-15-37-28/h2-14,17-18H,15-16,19-20H2,1H3,(H,32,34). The van der Waals surface area contributed by atoms with E-state index in [9.17, 15) is 17.6 Å². The van der Waals surface area contributed by atoms with E-state index < -0.39 is 28.3 Å². The number of benzene rings is 4. The summed E-state index contributed by atoms with van der Waals surface area (Å²) in [6.45, 7) is 2.03. The van der Waals surface area contributed by atoms with Gasteiger partial charge in [0.05, 0.1) is 10.6 Å². The maximum Gasteiger partial charge on any atom is 0.264 e. The number of carbonyl (C=O) groups excluding carboxylic acids is 1. The summed E-state index contributed by atoms with van der Waals surface area (Å²) in [5.74, 6) is 0.450. The zero-order chi connectivity index (χ0) is 28.1. The van der Waals surface area contributed by atoms with Gasteiger partial charge in [-0.05, 0) is 72.6 Å². The Balaban J connectivity index is 1.35. The smallest absolute Gasteiger partial charge is 0.264 e. The molecule has 7 nitrogen and oxygen atoms in total. The number of thioether (sulfide) groups is 1. The summed E-state index contributed by atoms with van der Waals surface area (Å²) < 4.78 is 53.1. The maximum absolute atomic E-state index is 13.7. The number of carbonyl (C=O) groups is 1. The van der Waals surface area contributed by atoms with Crippen molar-refractivity contribution in [3.8, 4) is 11.5 Å². The molecule has 1 aliphatic heterocycles. The number of hydrogen-bond acceptors (Lipinski definition) is 6. The van der Waals surface area contributed by atoms with Crippen molar-refractivity contribution in [3.63, 3.8) is 0 Å². The first-order valence-corrected chi connectivity index (χ1v) is 15.0. The van der Waals surface area contributed by atoms with Crippen LogP contribution in [-0.2, 0) is 20.6 Å². The average Bonchev–Trinajstić information content (AvgIpc) is 2.97. The molecule has 0 spiro atoms. The molecule has 40 heavy (non-hydrogen) atoms.